The lowest BCUT2D eigenvalue weighted by atomic mass is 9.69. The molecule has 3 aromatic rings. The Morgan fingerprint density at radius 3 is 2.74 bits per heavy atom. The first-order valence-electron chi connectivity index (χ1n) is 12.7. The number of aromatic nitrogens is 4. The van der Waals surface area contributed by atoms with Crippen molar-refractivity contribution in [1.82, 2.24) is 25.3 Å². The second-order valence-electron chi connectivity index (χ2n) is 10.0. The maximum atomic E-state index is 12.7. The SMILES string of the molecule is CNC(=O)C1CCCC2(CCN(c3cc(Nc4cc(OC(F)(F)F)ccn4)nc(-c4ccc(N)nc4)n3)C2)C1. The summed E-state index contributed by atoms with van der Waals surface area (Å²) in [5.41, 5.74) is 6.39. The van der Waals surface area contributed by atoms with E-state index < -0.39 is 12.1 Å². The fraction of sp³-hybridized carbons (Fsp3) is 0.423. The molecule has 39 heavy (non-hydrogen) atoms. The van der Waals surface area contributed by atoms with E-state index in [9.17, 15) is 18.0 Å². The zero-order chi connectivity index (χ0) is 27.6. The van der Waals surface area contributed by atoms with Crippen LogP contribution < -0.4 is 26.0 Å². The van der Waals surface area contributed by atoms with Crippen LogP contribution in [0.15, 0.2) is 42.7 Å². The number of carbonyl (C=O) groups is 1. The molecule has 5 rings (SSSR count). The van der Waals surface area contributed by atoms with E-state index in [4.69, 9.17) is 10.7 Å². The molecule has 3 aromatic heterocycles. The van der Waals surface area contributed by atoms with E-state index in [0.29, 0.717) is 28.8 Å². The normalized spacial score (nSPS) is 21.1. The fourth-order valence-corrected chi connectivity index (χ4v) is 5.51. The maximum absolute atomic E-state index is 12.7. The molecule has 1 aliphatic carbocycles. The molecule has 2 fully saturated rings. The standard InChI is InChI=1S/C26H29F3N8O2/c1-31-24(38)16-3-2-7-25(13-16)8-10-37(15-25)22-12-21(35-23(36-22)17-4-5-19(30)33-14-17)34-20-11-18(6-9-32-20)39-26(27,28)29/h4-6,9,11-12,14,16H,2-3,7-8,10,13,15H2,1H3,(H2,30,33)(H,31,38)(H,32,34,35,36). The van der Waals surface area contributed by atoms with Crippen LogP contribution in [0.2, 0.25) is 0 Å². The summed E-state index contributed by atoms with van der Waals surface area (Å²) in [4.78, 5) is 32.1. The van der Waals surface area contributed by atoms with Gasteiger partial charge in [0.2, 0.25) is 5.91 Å². The molecular formula is C26H29F3N8O2. The fourth-order valence-electron chi connectivity index (χ4n) is 5.51. The molecule has 1 amide bonds. The molecular weight excluding hydrogens is 513 g/mol. The van der Waals surface area contributed by atoms with Crippen molar-refractivity contribution in [2.45, 2.75) is 38.5 Å². The number of nitrogens with one attached hydrogen (secondary N) is 2. The predicted octanol–water partition coefficient (Wildman–Crippen LogP) is 4.29. The average Bonchev–Trinajstić information content (AvgIpc) is 3.30. The minimum atomic E-state index is -4.82. The van der Waals surface area contributed by atoms with Gasteiger partial charge in [-0.2, -0.15) is 0 Å². The minimum absolute atomic E-state index is 0.00000701. The van der Waals surface area contributed by atoms with Gasteiger partial charge in [-0.3, -0.25) is 4.79 Å². The highest BCUT2D eigenvalue weighted by Crippen LogP contribution is 2.47. The van der Waals surface area contributed by atoms with Gasteiger partial charge in [-0.25, -0.2) is 19.9 Å². The Balaban J connectivity index is 1.44. The van der Waals surface area contributed by atoms with Crippen LogP contribution in [0.1, 0.15) is 32.1 Å². The largest absolute Gasteiger partial charge is 0.573 e. The molecule has 206 valence electrons. The van der Waals surface area contributed by atoms with Gasteiger partial charge < -0.3 is 26.0 Å². The van der Waals surface area contributed by atoms with E-state index in [0.717, 1.165) is 57.3 Å². The topological polar surface area (TPSA) is 131 Å². The number of hydrogen-bond donors (Lipinski definition) is 3. The molecule has 1 spiro atoms. The summed E-state index contributed by atoms with van der Waals surface area (Å²) in [6, 6.07) is 7.40. The second kappa shape index (κ2) is 10.5. The Kier molecular flexibility index (Phi) is 7.15. The summed E-state index contributed by atoms with van der Waals surface area (Å²) in [7, 11) is 1.67. The molecule has 4 heterocycles. The van der Waals surface area contributed by atoms with Gasteiger partial charge in [0.15, 0.2) is 5.82 Å². The third-order valence-corrected chi connectivity index (χ3v) is 7.30. The molecule has 4 N–H and O–H groups in total. The van der Waals surface area contributed by atoms with Crippen LogP contribution in [0.3, 0.4) is 0 Å². The Bertz CT molecular complexity index is 1340. The number of ether oxygens (including phenoxy) is 1. The predicted molar refractivity (Wildman–Crippen MR) is 139 cm³/mol. The first-order valence-corrected chi connectivity index (χ1v) is 12.7. The third kappa shape index (κ3) is 6.29. The van der Waals surface area contributed by atoms with Gasteiger partial charge in [0.05, 0.1) is 0 Å². The lowest BCUT2D eigenvalue weighted by molar-refractivity contribution is -0.274. The van der Waals surface area contributed by atoms with Gasteiger partial charge in [-0.15, -0.1) is 13.2 Å². The van der Waals surface area contributed by atoms with Crippen LogP contribution >= 0.6 is 0 Å². The van der Waals surface area contributed by atoms with E-state index in [1.165, 1.54) is 6.20 Å². The average molecular weight is 543 g/mol. The number of rotatable bonds is 6. The van der Waals surface area contributed by atoms with E-state index >= 15 is 0 Å². The monoisotopic (exact) mass is 542 g/mol. The van der Waals surface area contributed by atoms with E-state index in [1.54, 1.807) is 31.4 Å². The number of anilines is 4. The van der Waals surface area contributed by atoms with Crippen molar-refractivity contribution < 1.29 is 22.7 Å². The summed E-state index contributed by atoms with van der Waals surface area (Å²) < 4.78 is 42.1. The van der Waals surface area contributed by atoms with Crippen LogP contribution in [0.5, 0.6) is 5.75 Å². The van der Waals surface area contributed by atoms with Gasteiger partial charge in [0.25, 0.3) is 0 Å². The number of alkyl halides is 3. The van der Waals surface area contributed by atoms with Crippen molar-refractivity contribution in [2.75, 3.05) is 36.1 Å². The molecule has 1 saturated heterocycles. The van der Waals surface area contributed by atoms with Gasteiger partial charge in [0.1, 0.15) is 29.0 Å². The quantitative estimate of drug-likeness (QED) is 0.417. The molecule has 2 aliphatic rings. The highest BCUT2D eigenvalue weighted by atomic mass is 19.4. The Morgan fingerprint density at radius 2 is 2.00 bits per heavy atom. The molecule has 1 saturated carbocycles. The van der Waals surface area contributed by atoms with Crippen molar-refractivity contribution in [3.63, 3.8) is 0 Å². The minimum Gasteiger partial charge on any atom is -0.406 e. The number of pyridine rings is 2. The number of halogens is 3. The lowest BCUT2D eigenvalue weighted by Crippen LogP contribution is -2.38. The molecule has 0 aromatic carbocycles. The van der Waals surface area contributed by atoms with Crippen LogP contribution in [0.4, 0.5) is 36.4 Å². The van der Waals surface area contributed by atoms with E-state index in [1.807, 2.05) is 0 Å². The summed E-state index contributed by atoms with van der Waals surface area (Å²) in [5, 5.41) is 5.77. The summed E-state index contributed by atoms with van der Waals surface area (Å²) >= 11 is 0. The molecule has 2 atom stereocenters. The van der Waals surface area contributed by atoms with Gasteiger partial charge >= 0.3 is 6.36 Å². The van der Waals surface area contributed by atoms with Gasteiger partial charge in [0, 0.05) is 56.1 Å². The number of carbonyl (C=O) groups excluding carboxylic acids is 1. The Hall–Kier alpha value is -4.16. The first kappa shape index (κ1) is 26.4. The van der Waals surface area contributed by atoms with Crippen molar-refractivity contribution in [3.05, 3.63) is 42.7 Å². The molecule has 1 aliphatic heterocycles. The number of nitrogens with zero attached hydrogens (tertiary/aromatic N) is 5. The molecule has 2 unspecified atom stereocenters. The van der Waals surface area contributed by atoms with Crippen molar-refractivity contribution in [3.8, 4) is 17.1 Å². The molecule has 0 radical (unpaired) electrons. The summed E-state index contributed by atoms with van der Waals surface area (Å²) in [6.07, 6.45) is 2.64. The van der Waals surface area contributed by atoms with Crippen LogP contribution in [-0.4, -0.2) is 52.3 Å². The van der Waals surface area contributed by atoms with Crippen LogP contribution in [0, 0.1) is 11.3 Å². The number of nitrogens with two attached hydrogens (primary N) is 1. The highest BCUT2D eigenvalue weighted by Gasteiger charge is 2.44. The number of nitrogen functional groups attached to an aromatic ring is 1. The zero-order valence-electron chi connectivity index (χ0n) is 21.3. The second-order valence-corrected chi connectivity index (χ2v) is 10.0. The van der Waals surface area contributed by atoms with Crippen molar-refractivity contribution >= 4 is 29.2 Å². The van der Waals surface area contributed by atoms with E-state index in [-0.39, 0.29) is 23.1 Å². The third-order valence-electron chi connectivity index (χ3n) is 7.30. The van der Waals surface area contributed by atoms with E-state index in [2.05, 4.69) is 35.2 Å². The van der Waals surface area contributed by atoms with Crippen molar-refractivity contribution in [2.24, 2.45) is 11.3 Å². The Labute approximate surface area is 223 Å². The van der Waals surface area contributed by atoms with Crippen LogP contribution in [-0.2, 0) is 4.79 Å². The van der Waals surface area contributed by atoms with Crippen LogP contribution in [0.25, 0.3) is 11.4 Å². The van der Waals surface area contributed by atoms with Crippen molar-refractivity contribution in [1.29, 1.82) is 0 Å². The maximum Gasteiger partial charge on any atom is 0.573 e. The highest BCUT2D eigenvalue weighted by molar-refractivity contribution is 5.78. The first-order chi connectivity index (χ1) is 18.6. The number of amides is 1. The molecule has 13 heteroatoms. The Morgan fingerprint density at radius 1 is 1.15 bits per heavy atom. The molecule has 10 nitrogen and oxygen atoms in total. The zero-order valence-corrected chi connectivity index (χ0v) is 21.3. The summed E-state index contributed by atoms with van der Waals surface area (Å²) in [6.45, 7) is 1.49. The lowest BCUT2D eigenvalue weighted by Gasteiger charge is -2.37. The van der Waals surface area contributed by atoms with Gasteiger partial charge in [-0.1, -0.05) is 6.42 Å². The smallest absolute Gasteiger partial charge is 0.406 e. The molecule has 0 bridgehead atoms. The number of hydrogen-bond acceptors (Lipinski definition) is 9. The van der Waals surface area contributed by atoms with Gasteiger partial charge in [-0.05, 0) is 49.3 Å². The summed E-state index contributed by atoms with van der Waals surface area (Å²) in [5.74, 6) is 1.53.